The second-order valence-corrected chi connectivity index (χ2v) is 5.36. The Bertz CT molecular complexity index is 702. The molecule has 2 rings (SSSR count). The lowest BCUT2D eigenvalue weighted by atomic mass is 9.84. The van der Waals surface area contributed by atoms with E-state index in [0.717, 1.165) is 11.1 Å². The number of hydrogen-bond donors (Lipinski definition) is 0. The van der Waals surface area contributed by atoms with Crippen LogP contribution in [0.3, 0.4) is 0 Å². The molecule has 0 spiro atoms. The third-order valence-corrected chi connectivity index (χ3v) is 3.89. The van der Waals surface area contributed by atoms with Crippen LogP contribution in [0.5, 0.6) is 0 Å². The highest BCUT2D eigenvalue weighted by atomic mass is 15.2. The van der Waals surface area contributed by atoms with Gasteiger partial charge in [0.2, 0.25) is 0 Å². The van der Waals surface area contributed by atoms with E-state index in [-0.39, 0.29) is 18.0 Å². The Morgan fingerprint density at radius 2 is 1.43 bits per heavy atom. The Morgan fingerprint density at radius 3 is 2.00 bits per heavy atom. The molecular formula is C17H18N6. The van der Waals surface area contributed by atoms with Crippen LogP contribution in [0.1, 0.15) is 24.1 Å². The number of hydrogen-bond acceptors (Lipinski definition) is 2. The highest BCUT2D eigenvalue weighted by Gasteiger charge is 2.27. The molecule has 2 aromatic rings. The molecule has 6 heteroatoms. The lowest BCUT2D eigenvalue weighted by molar-refractivity contribution is 0.367. The van der Waals surface area contributed by atoms with Crippen LogP contribution in [0, 0.1) is 5.92 Å². The Kier molecular flexibility index (Phi) is 6.07. The first-order valence-electron chi connectivity index (χ1n) is 7.43. The summed E-state index contributed by atoms with van der Waals surface area (Å²) in [4.78, 5) is 5.93. The van der Waals surface area contributed by atoms with Gasteiger partial charge in [-0.25, -0.2) is 0 Å². The van der Waals surface area contributed by atoms with E-state index in [1.165, 1.54) is 0 Å². The van der Waals surface area contributed by atoms with Crippen molar-refractivity contribution in [2.45, 2.75) is 25.4 Å². The smallest absolute Gasteiger partial charge is 0.0660 e. The molecule has 0 bridgehead atoms. The van der Waals surface area contributed by atoms with Gasteiger partial charge in [0.1, 0.15) is 0 Å². The van der Waals surface area contributed by atoms with E-state index in [1.807, 2.05) is 67.6 Å². The Labute approximate surface area is 135 Å². The zero-order valence-electron chi connectivity index (χ0n) is 12.9. The van der Waals surface area contributed by atoms with Crippen molar-refractivity contribution < 1.29 is 0 Å². The molecule has 0 radical (unpaired) electrons. The highest BCUT2D eigenvalue weighted by molar-refractivity contribution is 5.23. The van der Waals surface area contributed by atoms with Crippen LogP contribution < -0.4 is 0 Å². The van der Waals surface area contributed by atoms with Crippen molar-refractivity contribution >= 4 is 0 Å². The minimum atomic E-state index is -0.387. The standard InChI is InChI=1S/C17H18N6/c1-13(20-22-18)16(12-14-8-4-2-5-9-14)17(21-23-19)15-10-6-3-7-11-15/h2-11,13,16-17H,12H2,1H3. The van der Waals surface area contributed by atoms with Gasteiger partial charge in [-0.2, -0.15) is 0 Å². The van der Waals surface area contributed by atoms with Crippen molar-refractivity contribution in [1.29, 1.82) is 0 Å². The molecule has 2 aromatic carbocycles. The summed E-state index contributed by atoms with van der Waals surface area (Å²) in [6, 6.07) is 18.9. The fourth-order valence-electron chi connectivity index (χ4n) is 2.70. The molecule has 116 valence electrons. The summed E-state index contributed by atoms with van der Waals surface area (Å²) in [6.07, 6.45) is 0.666. The molecule has 0 amide bonds. The second kappa shape index (κ2) is 8.49. The SMILES string of the molecule is CC(N=[N+]=[N-])C(Cc1ccccc1)C(N=[N+]=[N-])c1ccccc1. The molecule has 6 nitrogen and oxygen atoms in total. The zero-order chi connectivity index (χ0) is 16.5. The largest absolute Gasteiger partial charge is 0.0906 e. The molecule has 0 heterocycles. The van der Waals surface area contributed by atoms with E-state index in [1.54, 1.807) is 0 Å². The van der Waals surface area contributed by atoms with Gasteiger partial charge in [-0.15, -0.1) is 0 Å². The van der Waals surface area contributed by atoms with Gasteiger partial charge in [-0.05, 0) is 34.5 Å². The molecule has 0 saturated heterocycles. The Hall–Kier alpha value is -2.94. The van der Waals surface area contributed by atoms with Gasteiger partial charge in [0, 0.05) is 15.9 Å². The molecule has 0 aromatic heterocycles. The molecule has 0 saturated carbocycles. The summed E-state index contributed by atoms with van der Waals surface area (Å²) < 4.78 is 0. The average Bonchev–Trinajstić information content (AvgIpc) is 2.60. The van der Waals surface area contributed by atoms with E-state index in [9.17, 15) is 0 Å². The monoisotopic (exact) mass is 306 g/mol. The third-order valence-electron chi connectivity index (χ3n) is 3.89. The summed E-state index contributed by atoms with van der Waals surface area (Å²) in [7, 11) is 0. The number of azide groups is 2. The fourth-order valence-corrected chi connectivity index (χ4v) is 2.70. The van der Waals surface area contributed by atoms with Crippen molar-refractivity contribution in [3.63, 3.8) is 0 Å². The lowest BCUT2D eigenvalue weighted by Gasteiger charge is -2.27. The number of rotatable bonds is 7. The summed E-state index contributed by atoms with van der Waals surface area (Å²) in [5.41, 5.74) is 19.8. The molecule has 0 N–H and O–H groups in total. The average molecular weight is 306 g/mol. The topological polar surface area (TPSA) is 97.5 Å². The van der Waals surface area contributed by atoms with Gasteiger partial charge < -0.3 is 0 Å². The van der Waals surface area contributed by atoms with E-state index in [2.05, 4.69) is 20.1 Å². The van der Waals surface area contributed by atoms with Crippen molar-refractivity contribution in [2.24, 2.45) is 16.1 Å². The van der Waals surface area contributed by atoms with Crippen LogP contribution in [0.25, 0.3) is 20.9 Å². The molecule has 23 heavy (non-hydrogen) atoms. The normalized spacial score (nSPS) is 14.0. The minimum Gasteiger partial charge on any atom is -0.0906 e. The molecule has 0 fully saturated rings. The van der Waals surface area contributed by atoms with Crippen LogP contribution in [0.2, 0.25) is 0 Å². The van der Waals surface area contributed by atoms with E-state index >= 15 is 0 Å². The quantitative estimate of drug-likeness (QED) is 0.361. The first-order chi connectivity index (χ1) is 11.3. The van der Waals surface area contributed by atoms with Crippen molar-refractivity contribution in [2.75, 3.05) is 0 Å². The first kappa shape index (κ1) is 16.4. The van der Waals surface area contributed by atoms with Crippen LogP contribution in [0.4, 0.5) is 0 Å². The maximum atomic E-state index is 8.98. The van der Waals surface area contributed by atoms with Crippen molar-refractivity contribution in [3.8, 4) is 0 Å². The van der Waals surface area contributed by atoms with Crippen molar-refractivity contribution in [1.82, 2.24) is 0 Å². The number of nitrogens with zero attached hydrogens (tertiary/aromatic N) is 6. The van der Waals surface area contributed by atoms with Gasteiger partial charge >= 0.3 is 0 Å². The molecular weight excluding hydrogens is 288 g/mol. The minimum absolute atomic E-state index is 0.119. The van der Waals surface area contributed by atoms with Gasteiger partial charge in [-0.3, -0.25) is 0 Å². The molecule has 0 aliphatic heterocycles. The summed E-state index contributed by atoms with van der Waals surface area (Å²) in [5.74, 6) is -0.119. The highest BCUT2D eigenvalue weighted by Crippen LogP contribution is 2.33. The van der Waals surface area contributed by atoms with Gasteiger partial charge in [0.05, 0.1) is 6.04 Å². The van der Waals surface area contributed by atoms with Crippen LogP contribution in [-0.4, -0.2) is 6.04 Å². The molecule has 3 atom stereocenters. The lowest BCUT2D eigenvalue weighted by Crippen LogP contribution is -2.24. The molecule has 0 aliphatic carbocycles. The summed E-state index contributed by atoms with van der Waals surface area (Å²) in [5, 5.41) is 7.84. The maximum absolute atomic E-state index is 8.98. The maximum Gasteiger partial charge on any atom is 0.0660 e. The predicted octanol–water partition coefficient (Wildman–Crippen LogP) is 5.60. The zero-order valence-corrected chi connectivity index (χ0v) is 12.9. The van der Waals surface area contributed by atoms with Crippen LogP contribution >= 0.6 is 0 Å². The van der Waals surface area contributed by atoms with E-state index in [0.29, 0.717) is 6.42 Å². The van der Waals surface area contributed by atoms with Gasteiger partial charge in [0.15, 0.2) is 0 Å². The molecule has 3 unspecified atom stereocenters. The van der Waals surface area contributed by atoms with Gasteiger partial charge in [0.25, 0.3) is 0 Å². The Balaban J connectivity index is 2.40. The fraction of sp³-hybridized carbons (Fsp3) is 0.294. The summed E-state index contributed by atoms with van der Waals surface area (Å²) in [6.45, 7) is 1.86. The first-order valence-corrected chi connectivity index (χ1v) is 7.43. The predicted molar refractivity (Wildman–Crippen MR) is 90.6 cm³/mol. The summed E-state index contributed by atoms with van der Waals surface area (Å²) >= 11 is 0. The van der Waals surface area contributed by atoms with E-state index < -0.39 is 0 Å². The molecule has 0 aliphatic rings. The number of benzene rings is 2. The van der Waals surface area contributed by atoms with Gasteiger partial charge in [-0.1, -0.05) is 77.8 Å². The van der Waals surface area contributed by atoms with Crippen molar-refractivity contribution in [3.05, 3.63) is 92.7 Å². The van der Waals surface area contributed by atoms with Crippen LogP contribution in [0.15, 0.2) is 70.9 Å². The van der Waals surface area contributed by atoms with Crippen LogP contribution in [-0.2, 0) is 6.42 Å². The second-order valence-electron chi connectivity index (χ2n) is 5.36. The Morgan fingerprint density at radius 1 is 0.870 bits per heavy atom. The third kappa shape index (κ3) is 4.51. The van der Waals surface area contributed by atoms with E-state index in [4.69, 9.17) is 11.1 Å².